The molecule has 0 aromatic heterocycles. The fourth-order valence-electron chi connectivity index (χ4n) is 3.06. The first-order valence-corrected chi connectivity index (χ1v) is 7.23. The lowest BCUT2D eigenvalue weighted by Crippen LogP contribution is -2.30. The minimum Gasteiger partial charge on any atom is -0.381 e. The van der Waals surface area contributed by atoms with Gasteiger partial charge < -0.3 is 10.1 Å². The van der Waals surface area contributed by atoms with Crippen LogP contribution in [0.2, 0.25) is 0 Å². The van der Waals surface area contributed by atoms with E-state index in [1.54, 1.807) is 0 Å². The zero-order valence-electron chi connectivity index (χ0n) is 10.5. The summed E-state index contributed by atoms with van der Waals surface area (Å²) in [5, 5.41) is 3.62. The van der Waals surface area contributed by atoms with Crippen LogP contribution >= 0.6 is 0 Å². The molecule has 2 fully saturated rings. The Kier molecular flexibility index (Phi) is 5.64. The van der Waals surface area contributed by atoms with Crippen molar-refractivity contribution >= 4 is 0 Å². The van der Waals surface area contributed by atoms with Gasteiger partial charge in [0, 0.05) is 13.2 Å². The number of hydrogen-bond donors (Lipinski definition) is 1. The van der Waals surface area contributed by atoms with Gasteiger partial charge in [0.1, 0.15) is 0 Å². The molecule has 0 spiro atoms. The fourth-order valence-corrected chi connectivity index (χ4v) is 3.06. The maximum atomic E-state index is 5.49. The summed E-state index contributed by atoms with van der Waals surface area (Å²) in [6, 6.07) is 0. The van der Waals surface area contributed by atoms with Crippen molar-refractivity contribution < 1.29 is 4.74 Å². The van der Waals surface area contributed by atoms with Crippen LogP contribution in [0.25, 0.3) is 0 Å². The van der Waals surface area contributed by atoms with Crippen molar-refractivity contribution in [2.24, 2.45) is 11.8 Å². The predicted octanol–water partition coefficient (Wildman–Crippen LogP) is 2.97. The van der Waals surface area contributed by atoms with Gasteiger partial charge in [-0.05, 0) is 37.6 Å². The van der Waals surface area contributed by atoms with Crippen LogP contribution in [0, 0.1) is 11.8 Å². The summed E-state index contributed by atoms with van der Waals surface area (Å²) in [6.07, 6.45) is 11.4. The Morgan fingerprint density at radius 1 is 0.938 bits per heavy atom. The molecule has 2 aliphatic rings. The van der Waals surface area contributed by atoms with Gasteiger partial charge in [0.05, 0.1) is 6.61 Å². The van der Waals surface area contributed by atoms with Gasteiger partial charge in [-0.3, -0.25) is 0 Å². The molecular formula is C14H27NO. The van der Waals surface area contributed by atoms with Crippen molar-refractivity contribution in [3.8, 4) is 0 Å². The van der Waals surface area contributed by atoms with E-state index in [0.717, 1.165) is 25.0 Å². The molecule has 1 heterocycles. The van der Waals surface area contributed by atoms with Crippen LogP contribution in [0.3, 0.4) is 0 Å². The lowest BCUT2D eigenvalue weighted by atomic mass is 9.87. The summed E-state index contributed by atoms with van der Waals surface area (Å²) in [7, 11) is 0. The summed E-state index contributed by atoms with van der Waals surface area (Å²) in [6.45, 7) is 4.36. The zero-order valence-corrected chi connectivity index (χ0v) is 10.5. The van der Waals surface area contributed by atoms with Crippen LogP contribution in [0.1, 0.15) is 51.4 Å². The second kappa shape index (κ2) is 7.29. The first-order chi connectivity index (χ1) is 7.95. The number of rotatable bonds is 5. The maximum Gasteiger partial charge on any atom is 0.0506 e. The Hall–Kier alpha value is -0.0800. The molecular weight excluding hydrogens is 198 g/mol. The lowest BCUT2D eigenvalue weighted by Gasteiger charge is -2.24. The van der Waals surface area contributed by atoms with Gasteiger partial charge in [-0.25, -0.2) is 0 Å². The highest BCUT2D eigenvalue weighted by atomic mass is 16.5. The minimum atomic E-state index is 0.778. The van der Waals surface area contributed by atoms with E-state index in [0.29, 0.717) is 0 Å². The van der Waals surface area contributed by atoms with E-state index in [1.807, 2.05) is 0 Å². The molecule has 1 unspecified atom stereocenters. The molecule has 0 aromatic rings. The number of ether oxygens (including phenoxy) is 1. The number of hydrogen-bond acceptors (Lipinski definition) is 2. The Morgan fingerprint density at radius 2 is 1.75 bits per heavy atom. The molecule has 1 aliphatic heterocycles. The Balaban J connectivity index is 1.47. The molecule has 0 amide bonds. The Morgan fingerprint density at radius 3 is 2.50 bits per heavy atom. The average molecular weight is 225 g/mol. The van der Waals surface area contributed by atoms with E-state index in [1.165, 1.54) is 64.5 Å². The van der Waals surface area contributed by atoms with Crippen molar-refractivity contribution in [2.75, 3.05) is 26.3 Å². The van der Waals surface area contributed by atoms with Gasteiger partial charge in [0.25, 0.3) is 0 Å². The van der Waals surface area contributed by atoms with Gasteiger partial charge in [0.15, 0.2) is 0 Å². The summed E-state index contributed by atoms with van der Waals surface area (Å²) >= 11 is 0. The second-order valence-electron chi connectivity index (χ2n) is 5.58. The smallest absolute Gasteiger partial charge is 0.0506 e. The minimum absolute atomic E-state index is 0.778. The SMILES string of the molecule is C1CCC(CCNCC2CCCOC2)CC1. The first kappa shape index (κ1) is 12.4. The molecule has 1 N–H and O–H groups in total. The summed E-state index contributed by atoms with van der Waals surface area (Å²) in [5.41, 5.74) is 0. The molecule has 2 nitrogen and oxygen atoms in total. The summed E-state index contributed by atoms with van der Waals surface area (Å²) in [5.74, 6) is 1.80. The lowest BCUT2D eigenvalue weighted by molar-refractivity contribution is 0.0547. The number of nitrogens with one attached hydrogen (secondary N) is 1. The molecule has 2 heteroatoms. The van der Waals surface area contributed by atoms with Gasteiger partial charge in [0.2, 0.25) is 0 Å². The van der Waals surface area contributed by atoms with E-state index in [9.17, 15) is 0 Å². The highest BCUT2D eigenvalue weighted by Gasteiger charge is 2.15. The van der Waals surface area contributed by atoms with Crippen LogP contribution < -0.4 is 5.32 Å². The molecule has 1 saturated heterocycles. The highest BCUT2D eigenvalue weighted by Crippen LogP contribution is 2.25. The van der Waals surface area contributed by atoms with E-state index < -0.39 is 0 Å². The average Bonchev–Trinajstić information content (AvgIpc) is 2.37. The van der Waals surface area contributed by atoms with E-state index in [-0.39, 0.29) is 0 Å². The third kappa shape index (κ3) is 4.42. The quantitative estimate of drug-likeness (QED) is 0.726. The second-order valence-corrected chi connectivity index (χ2v) is 5.58. The Bertz CT molecular complexity index is 152. The predicted molar refractivity (Wildman–Crippen MR) is 67.6 cm³/mol. The summed E-state index contributed by atoms with van der Waals surface area (Å²) < 4.78 is 5.49. The van der Waals surface area contributed by atoms with E-state index in [2.05, 4.69) is 5.32 Å². The van der Waals surface area contributed by atoms with Crippen molar-refractivity contribution in [2.45, 2.75) is 51.4 Å². The standard InChI is InChI=1S/C14H27NO/c1-2-5-13(6-3-1)8-9-15-11-14-7-4-10-16-12-14/h13-15H,1-12H2. The molecule has 0 radical (unpaired) electrons. The van der Waals surface area contributed by atoms with Gasteiger partial charge in [-0.1, -0.05) is 32.1 Å². The van der Waals surface area contributed by atoms with Crippen molar-refractivity contribution in [3.63, 3.8) is 0 Å². The molecule has 1 aliphatic carbocycles. The molecule has 2 rings (SSSR count). The van der Waals surface area contributed by atoms with Crippen molar-refractivity contribution in [1.82, 2.24) is 5.32 Å². The van der Waals surface area contributed by atoms with E-state index in [4.69, 9.17) is 4.74 Å². The van der Waals surface area contributed by atoms with E-state index >= 15 is 0 Å². The molecule has 94 valence electrons. The van der Waals surface area contributed by atoms with Crippen molar-refractivity contribution in [1.29, 1.82) is 0 Å². The third-order valence-electron chi connectivity index (χ3n) is 4.14. The van der Waals surface area contributed by atoms with Gasteiger partial charge in [-0.15, -0.1) is 0 Å². The molecule has 0 bridgehead atoms. The zero-order chi connectivity index (χ0) is 11.1. The normalized spacial score (nSPS) is 28.1. The largest absolute Gasteiger partial charge is 0.381 e. The fraction of sp³-hybridized carbons (Fsp3) is 1.00. The molecule has 16 heavy (non-hydrogen) atoms. The summed E-state index contributed by atoms with van der Waals surface area (Å²) in [4.78, 5) is 0. The Labute approximate surface area is 100 Å². The van der Waals surface area contributed by atoms with Crippen LogP contribution in [0.5, 0.6) is 0 Å². The third-order valence-corrected chi connectivity index (χ3v) is 4.14. The molecule has 1 saturated carbocycles. The first-order valence-electron chi connectivity index (χ1n) is 7.23. The molecule has 0 aromatic carbocycles. The topological polar surface area (TPSA) is 21.3 Å². The molecule has 1 atom stereocenters. The monoisotopic (exact) mass is 225 g/mol. The maximum absolute atomic E-state index is 5.49. The van der Waals surface area contributed by atoms with Crippen LogP contribution in [-0.2, 0) is 4.74 Å². The van der Waals surface area contributed by atoms with Crippen LogP contribution in [-0.4, -0.2) is 26.3 Å². The highest BCUT2D eigenvalue weighted by molar-refractivity contribution is 4.69. The van der Waals surface area contributed by atoms with Gasteiger partial charge >= 0.3 is 0 Å². The van der Waals surface area contributed by atoms with Crippen molar-refractivity contribution in [3.05, 3.63) is 0 Å². The van der Waals surface area contributed by atoms with Crippen LogP contribution in [0.4, 0.5) is 0 Å². The van der Waals surface area contributed by atoms with Crippen LogP contribution in [0.15, 0.2) is 0 Å². The van der Waals surface area contributed by atoms with Gasteiger partial charge in [-0.2, -0.15) is 0 Å².